The number of hydrogen-bond donors (Lipinski definition) is 3. The molecule has 0 unspecified atom stereocenters. The first kappa shape index (κ1) is 15.4. The molecular formula is C10H14O5. The van der Waals surface area contributed by atoms with Gasteiger partial charge in [0.2, 0.25) is 0 Å². The number of aliphatic carboxylic acids is 2. The maximum Gasteiger partial charge on any atom is 0.328 e. The fourth-order valence-corrected chi connectivity index (χ4v) is 0.431. The highest BCUT2D eigenvalue weighted by Crippen LogP contribution is 1.88. The third-order valence-corrected chi connectivity index (χ3v) is 1.01. The second kappa shape index (κ2) is 12.0. The zero-order valence-electron chi connectivity index (χ0n) is 8.17. The van der Waals surface area contributed by atoms with E-state index in [1.807, 2.05) is 6.08 Å². The Morgan fingerprint density at radius 2 is 1.53 bits per heavy atom. The number of allylic oxidation sites excluding steroid dienone is 2. The molecule has 0 aliphatic carbocycles. The number of aliphatic hydroxyl groups is 1. The summed E-state index contributed by atoms with van der Waals surface area (Å²) in [6, 6.07) is 0. The number of rotatable bonds is 5. The summed E-state index contributed by atoms with van der Waals surface area (Å²) in [5.74, 6) is -2.51. The van der Waals surface area contributed by atoms with Crippen LogP contribution >= 0.6 is 0 Å². The average Bonchev–Trinajstić information content (AvgIpc) is 2.17. The van der Waals surface area contributed by atoms with E-state index in [1.165, 1.54) is 0 Å². The van der Waals surface area contributed by atoms with Crippen LogP contribution in [0.3, 0.4) is 0 Å². The number of hydrogen-bond acceptors (Lipinski definition) is 3. The molecule has 0 spiro atoms. The molecule has 0 saturated heterocycles. The van der Waals surface area contributed by atoms with E-state index in [1.54, 1.807) is 6.08 Å². The fourth-order valence-electron chi connectivity index (χ4n) is 0.431. The molecule has 0 heterocycles. The van der Waals surface area contributed by atoms with Crippen molar-refractivity contribution in [2.24, 2.45) is 0 Å². The third-order valence-electron chi connectivity index (χ3n) is 1.01. The quantitative estimate of drug-likeness (QED) is 0.280. The lowest BCUT2D eigenvalue weighted by Gasteiger charge is -1.78. The third kappa shape index (κ3) is 24.5. The van der Waals surface area contributed by atoms with Crippen molar-refractivity contribution in [1.82, 2.24) is 0 Å². The molecule has 0 radical (unpaired) electrons. The van der Waals surface area contributed by atoms with Crippen LogP contribution in [0.4, 0.5) is 0 Å². The van der Waals surface area contributed by atoms with E-state index >= 15 is 0 Å². The summed E-state index contributed by atoms with van der Waals surface area (Å²) >= 11 is 0. The minimum absolute atomic E-state index is 0.558. The van der Waals surface area contributed by atoms with Crippen molar-refractivity contribution < 1.29 is 24.9 Å². The van der Waals surface area contributed by atoms with Crippen LogP contribution in [0.5, 0.6) is 0 Å². The SMILES string of the molecule is C=CCCC=CO.O=C(O)/C=C\C(=O)O. The van der Waals surface area contributed by atoms with Crippen LogP contribution < -0.4 is 0 Å². The van der Waals surface area contributed by atoms with Crippen LogP contribution in [-0.4, -0.2) is 27.3 Å². The zero-order valence-corrected chi connectivity index (χ0v) is 8.17. The van der Waals surface area contributed by atoms with E-state index in [0.717, 1.165) is 19.1 Å². The van der Waals surface area contributed by atoms with Gasteiger partial charge in [0.15, 0.2) is 0 Å². The summed E-state index contributed by atoms with van der Waals surface area (Å²) in [5.41, 5.74) is 0. The van der Waals surface area contributed by atoms with Gasteiger partial charge in [0, 0.05) is 12.2 Å². The zero-order chi connectivity index (χ0) is 12.1. The van der Waals surface area contributed by atoms with Crippen LogP contribution in [-0.2, 0) is 9.59 Å². The van der Waals surface area contributed by atoms with Gasteiger partial charge in [0.1, 0.15) is 0 Å². The molecule has 0 aromatic heterocycles. The smallest absolute Gasteiger partial charge is 0.328 e. The molecule has 0 aliphatic rings. The fraction of sp³-hybridized carbons (Fsp3) is 0.200. The van der Waals surface area contributed by atoms with E-state index in [-0.39, 0.29) is 0 Å². The van der Waals surface area contributed by atoms with E-state index in [9.17, 15) is 9.59 Å². The molecule has 15 heavy (non-hydrogen) atoms. The van der Waals surface area contributed by atoms with Gasteiger partial charge in [-0.15, -0.1) is 6.58 Å². The Morgan fingerprint density at radius 1 is 1.07 bits per heavy atom. The topological polar surface area (TPSA) is 94.8 Å². The van der Waals surface area contributed by atoms with Gasteiger partial charge in [-0.25, -0.2) is 9.59 Å². The largest absolute Gasteiger partial charge is 0.516 e. The first-order valence-corrected chi connectivity index (χ1v) is 4.08. The molecular weight excluding hydrogens is 200 g/mol. The summed E-state index contributed by atoms with van der Waals surface area (Å²) in [4.78, 5) is 19.1. The van der Waals surface area contributed by atoms with Crippen molar-refractivity contribution in [2.75, 3.05) is 0 Å². The number of carbonyl (C=O) groups is 2. The highest BCUT2D eigenvalue weighted by Gasteiger charge is 1.88. The first-order valence-electron chi connectivity index (χ1n) is 4.08. The van der Waals surface area contributed by atoms with Gasteiger partial charge in [0.05, 0.1) is 6.26 Å². The average molecular weight is 214 g/mol. The number of aliphatic hydroxyl groups excluding tert-OH is 1. The Hall–Kier alpha value is -2.04. The van der Waals surface area contributed by atoms with Crippen LogP contribution in [0.1, 0.15) is 12.8 Å². The minimum Gasteiger partial charge on any atom is -0.516 e. The van der Waals surface area contributed by atoms with Crippen LogP contribution in [0.25, 0.3) is 0 Å². The second-order valence-electron chi connectivity index (χ2n) is 2.26. The van der Waals surface area contributed by atoms with Crippen LogP contribution in [0.2, 0.25) is 0 Å². The Kier molecular flexibility index (Phi) is 12.3. The van der Waals surface area contributed by atoms with E-state index < -0.39 is 11.9 Å². The monoisotopic (exact) mass is 214 g/mol. The van der Waals surface area contributed by atoms with E-state index in [2.05, 4.69) is 6.58 Å². The summed E-state index contributed by atoms with van der Waals surface area (Å²) < 4.78 is 0. The van der Waals surface area contributed by atoms with Gasteiger partial charge in [-0.05, 0) is 18.9 Å². The van der Waals surface area contributed by atoms with Gasteiger partial charge < -0.3 is 15.3 Å². The van der Waals surface area contributed by atoms with Gasteiger partial charge >= 0.3 is 11.9 Å². The van der Waals surface area contributed by atoms with E-state index in [0.29, 0.717) is 12.2 Å². The summed E-state index contributed by atoms with van der Waals surface area (Å²) in [6.45, 7) is 3.52. The van der Waals surface area contributed by atoms with E-state index in [4.69, 9.17) is 15.3 Å². The molecule has 0 rings (SSSR count). The summed E-state index contributed by atoms with van der Waals surface area (Å²) in [7, 11) is 0. The Morgan fingerprint density at radius 3 is 1.80 bits per heavy atom. The highest BCUT2D eigenvalue weighted by atomic mass is 16.4. The predicted molar refractivity (Wildman–Crippen MR) is 55.6 cm³/mol. The lowest BCUT2D eigenvalue weighted by Crippen LogP contribution is -1.91. The van der Waals surface area contributed by atoms with Crippen molar-refractivity contribution in [3.05, 3.63) is 37.1 Å². The van der Waals surface area contributed by atoms with Crippen molar-refractivity contribution in [3.63, 3.8) is 0 Å². The molecule has 3 N–H and O–H groups in total. The molecule has 0 amide bonds. The molecule has 0 saturated carbocycles. The summed E-state index contributed by atoms with van der Waals surface area (Å²) in [6.07, 6.45) is 7.52. The maximum atomic E-state index is 9.55. The standard InChI is InChI=1S/C6H10O.C4H4O4/c1-2-3-4-5-6-7;5-3(6)1-2-4(7)8/h2,5-7H,1,3-4H2;1-2H,(H,5,6)(H,7,8)/b;2-1-. The van der Waals surface area contributed by atoms with Gasteiger partial charge in [-0.1, -0.05) is 6.08 Å². The molecule has 5 heteroatoms. The summed E-state index contributed by atoms with van der Waals surface area (Å²) in [5, 5.41) is 23.7. The predicted octanol–water partition coefficient (Wildman–Crippen LogP) is 1.74. The van der Waals surface area contributed by atoms with Gasteiger partial charge in [-0.2, -0.15) is 0 Å². The van der Waals surface area contributed by atoms with Gasteiger partial charge in [0.25, 0.3) is 0 Å². The van der Waals surface area contributed by atoms with Crippen LogP contribution in [0.15, 0.2) is 37.1 Å². The second-order valence-corrected chi connectivity index (χ2v) is 2.26. The lowest BCUT2D eigenvalue weighted by molar-refractivity contribution is -0.134. The number of carboxylic acids is 2. The maximum absolute atomic E-state index is 9.55. The Bertz CT molecular complexity index is 237. The molecule has 0 bridgehead atoms. The number of carboxylic acid groups (broad SMARTS) is 2. The van der Waals surface area contributed by atoms with Crippen molar-refractivity contribution in [3.8, 4) is 0 Å². The molecule has 0 aliphatic heterocycles. The molecule has 84 valence electrons. The van der Waals surface area contributed by atoms with Gasteiger partial charge in [-0.3, -0.25) is 0 Å². The van der Waals surface area contributed by atoms with Crippen molar-refractivity contribution in [2.45, 2.75) is 12.8 Å². The Balaban J connectivity index is 0. The Labute approximate surface area is 87.7 Å². The molecule has 0 aromatic carbocycles. The first-order chi connectivity index (χ1) is 7.04. The van der Waals surface area contributed by atoms with Crippen molar-refractivity contribution >= 4 is 11.9 Å². The lowest BCUT2D eigenvalue weighted by atomic mass is 10.3. The van der Waals surface area contributed by atoms with Crippen molar-refractivity contribution in [1.29, 1.82) is 0 Å². The molecule has 0 aromatic rings. The molecule has 5 nitrogen and oxygen atoms in total. The molecule has 0 atom stereocenters. The highest BCUT2D eigenvalue weighted by molar-refractivity contribution is 5.89. The van der Waals surface area contributed by atoms with Crippen LogP contribution in [0, 0.1) is 0 Å². The normalized spacial score (nSPS) is 9.60. The number of unbranched alkanes of at least 4 members (excludes halogenated alkanes) is 1. The minimum atomic E-state index is -1.26. The molecule has 0 fully saturated rings.